The standard InChI is InChI=1S/C17H15N5O2/c23-10-4-8-21-9-7-14-15(17(21)24)19-20-16-13(11-18-22(14)16)12-5-2-1-3-6-12/h1-3,5-7,9,11,23H,4,8,10H2. The maximum atomic E-state index is 12.5. The zero-order valence-corrected chi connectivity index (χ0v) is 12.8. The number of hydrogen-bond donors (Lipinski definition) is 1. The van der Waals surface area contributed by atoms with Crippen molar-refractivity contribution in [2.75, 3.05) is 6.61 Å². The fourth-order valence-electron chi connectivity index (χ4n) is 2.77. The number of aliphatic hydroxyl groups excluding tert-OH is 1. The second-order valence-electron chi connectivity index (χ2n) is 5.48. The minimum absolute atomic E-state index is 0.0365. The number of aliphatic hydroxyl groups is 1. The van der Waals surface area contributed by atoms with E-state index in [1.807, 2.05) is 30.3 Å². The lowest BCUT2D eigenvalue weighted by atomic mass is 10.1. The van der Waals surface area contributed by atoms with Gasteiger partial charge in [0.05, 0.1) is 6.20 Å². The lowest BCUT2D eigenvalue weighted by molar-refractivity contribution is 0.279. The molecule has 0 spiro atoms. The fourth-order valence-corrected chi connectivity index (χ4v) is 2.77. The van der Waals surface area contributed by atoms with Gasteiger partial charge in [-0.1, -0.05) is 30.3 Å². The van der Waals surface area contributed by atoms with Crippen LogP contribution in [0.1, 0.15) is 6.42 Å². The molecule has 1 N–H and O–H groups in total. The smallest absolute Gasteiger partial charge is 0.280 e. The second kappa shape index (κ2) is 5.86. The summed E-state index contributed by atoms with van der Waals surface area (Å²) in [6, 6.07) is 11.6. The van der Waals surface area contributed by atoms with Crippen LogP contribution >= 0.6 is 0 Å². The van der Waals surface area contributed by atoms with Crippen molar-refractivity contribution in [1.29, 1.82) is 0 Å². The molecule has 0 bridgehead atoms. The van der Waals surface area contributed by atoms with Crippen molar-refractivity contribution in [3.05, 3.63) is 59.1 Å². The molecule has 0 saturated heterocycles. The van der Waals surface area contributed by atoms with Crippen LogP contribution in [0.4, 0.5) is 0 Å². The summed E-state index contributed by atoms with van der Waals surface area (Å²) in [6.45, 7) is 0.480. The van der Waals surface area contributed by atoms with Crippen molar-refractivity contribution in [1.82, 2.24) is 24.4 Å². The lowest BCUT2D eigenvalue weighted by Crippen LogP contribution is -2.22. The maximum absolute atomic E-state index is 12.5. The number of pyridine rings is 1. The molecule has 3 aromatic heterocycles. The number of aryl methyl sites for hydroxylation is 1. The molecule has 4 rings (SSSR count). The highest BCUT2D eigenvalue weighted by atomic mass is 16.3. The van der Waals surface area contributed by atoms with Crippen molar-refractivity contribution in [3.8, 4) is 11.1 Å². The number of rotatable bonds is 4. The molecule has 7 nitrogen and oxygen atoms in total. The molecule has 0 fully saturated rings. The normalized spacial score (nSPS) is 11.4. The summed E-state index contributed by atoms with van der Waals surface area (Å²) < 4.78 is 3.17. The van der Waals surface area contributed by atoms with Crippen molar-refractivity contribution >= 4 is 16.7 Å². The van der Waals surface area contributed by atoms with Gasteiger partial charge >= 0.3 is 0 Å². The van der Waals surface area contributed by atoms with Gasteiger partial charge in [0.1, 0.15) is 5.52 Å². The van der Waals surface area contributed by atoms with E-state index in [1.165, 1.54) is 4.57 Å². The van der Waals surface area contributed by atoms with Crippen LogP contribution in [-0.4, -0.2) is 36.1 Å². The van der Waals surface area contributed by atoms with Crippen LogP contribution in [0.5, 0.6) is 0 Å². The Morgan fingerprint density at radius 1 is 1.08 bits per heavy atom. The Morgan fingerprint density at radius 2 is 1.92 bits per heavy atom. The number of fused-ring (bicyclic) bond motifs is 3. The number of hydrogen-bond acceptors (Lipinski definition) is 5. The topological polar surface area (TPSA) is 85.3 Å². The quantitative estimate of drug-likeness (QED) is 0.615. The first kappa shape index (κ1) is 14.5. The van der Waals surface area contributed by atoms with Gasteiger partial charge in [-0.15, -0.1) is 10.2 Å². The maximum Gasteiger partial charge on any atom is 0.280 e. The summed E-state index contributed by atoms with van der Waals surface area (Å²) in [7, 11) is 0. The molecule has 1 aromatic carbocycles. The second-order valence-corrected chi connectivity index (χ2v) is 5.48. The summed E-state index contributed by atoms with van der Waals surface area (Å²) in [5.41, 5.74) is 3.14. The molecule has 24 heavy (non-hydrogen) atoms. The van der Waals surface area contributed by atoms with Crippen LogP contribution in [0.3, 0.4) is 0 Å². The molecule has 0 atom stereocenters. The van der Waals surface area contributed by atoms with Gasteiger partial charge in [0, 0.05) is 24.9 Å². The van der Waals surface area contributed by atoms with Crippen LogP contribution in [-0.2, 0) is 6.54 Å². The minimum Gasteiger partial charge on any atom is -0.396 e. The van der Waals surface area contributed by atoms with E-state index >= 15 is 0 Å². The molecule has 7 heteroatoms. The number of nitrogens with zero attached hydrogens (tertiary/aromatic N) is 5. The monoisotopic (exact) mass is 321 g/mol. The molecular weight excluding hydrogens is 306 g/mol. The van der Waals surface area contributed by atoms with Crippen molar-refractivity contribution in [3.63, 3.8) is 0 Å². The minimum atomic E-state index is -0.230. The Hall–Kier alpha value is -3.06. The number of benzene rings is 1. The van der Waals surface area contributed by atoms with Gasteiger partial charge in [-0.05, 0) is 18.1 Å². The van der Waals surface area contributed by atoms with E-state index in [1.54, 1.807) is 23.0 Å². The molecule has 0 aliphatic carbocycles. The molecule has 0 unspecified atom stereocenters. The largest absolute Gasteiger partial charge is 0.396 e. The van der Waals surface area contributed by atoms with Crippen LogP contribution < -0.4 is 5.56 Å². The first-order chi connectivity index (χ1) is 11.8. The van der Waals surface area contributed by atoms with E-state index < -0.39 is 0 Å². The molecule has 4 aromatic rings. The third-order valence-corrected chi connectivity index (χ3v) is 3.98. The van der Waals surface area contributed by atoms with E-state index in [9.17, 15) is 4.79 Å². The van der Waals surface area contributed by atoms with E-state index in [0.717, 1.165) is 11.1 Å². The first-order valence-corrected chi connectivity index (χ1v) is 7.69. The Balaban J connectivity index is 1.92. The zero-order chi connectivity index (χ0) is 16.5. The molecule has 0 radical (unpaired) electrons. The van der Waals surface area contributed by atoms with Crippen LogP contribution in [0, 0.1) is 0 Å². The summed E-state index contributed by atoms with van der Waals surface area (Å²) in [5.74, 6) is 0. The Morgan fingerprint density at radius 3 is 2.71 bits per heavy atom. The fraction of sp³-hybridized carbons (Fsp3) is 0.176. The van der Waals surface area contributed by atoms with Gasteiger partial charge in [0.15, 0.2) is 11.2 Å². The molecule has 0 aliphatic rings. The van der Waals surface area contributed by atoms with Crippen LogP contribution in [0.2, 0.25) is 0 Å². The van der Waals surface area contributed by atoms with E-state index in [2.05, 4.69) is 15.3 Å². The zero-order valence-electron chi connectivity index (χ0n) is 12.8. The van der Waals surface area contributed by atoms with Crippen molar-refractivity contribution in [2.24, 2.45) is 0 Å². The molecule has 120 valence electrons. The van der Waals surface area contributed by atoms with Crippen LogP contribution in [0.25, 0.3) is 27.8 Å². The van der Waals surface area contributed by atoms with E-state index in [4.69, 9.17) is 5.11 Å². The van der Waals surface area contributed by atoms with Gasteiger partial charge in [0.2, 0.25) is 0 Å². The van der Waals surface area contributed by atoms with E-state index in [-0.39, 0.29) is 17.7 Å². The van der Waals surface area contributed by atoms with Gasteiger partial charge < -0.3 is 9.67 Å². The summed E-state index contributed by atoms with van der Waals surface area (Å²) in [4.78, 5) is 12.5. The third kappa shape index (κ3) is 2.26. The predicted molar refractivity (Wildman–Crippen MR) is 89.7 cm³/mol. The molecular formula is C17H15N5O2. The third-order valence-electron chi connectivity index (χ3n) is 3.98. The van der Waals surface area contributed by atoms with Gasteiger partial charge in [-0.25, -0.2) is 4.52 Å². The number of aromatic nitrogens is 5. The Bertz CT molecular complexity index is 1070. The molecule has 0 aliphatic heterocycles. The van der Waals surface area contributed by atoms with Crippen molar-refractivity contribution in [2.45, 2.75) is 13.0 Å². The first-order valence-electron chi connectivity index (χ1n) is 7.69. The van der Waals surface area contributed by atoms with Crippen LogP contribution in [0.15, 0.2) is 53.6 Å². The van der Waals surface area contributed by atoms with Crippen molar-refractivity contribution < 1.29 is 5.11 Å². The summed E-state index contributed by atoms with van der Waals surface area (Å²) >= 11 is 0. The Labute approximate surface area is 136 Å². The van der Waals surface area contributed by atoms with Gasteiger partial charge in [-0.3, -0.25) is 4.79 Å². The predicted octanol–water partition coefficient (Wildman–Crippen LogP) is 1.49. The highest BCUT2D eigenvalue weighted by Gasteiger charge is 2.13. The summed E-state index contributed by atoms with van der Waals surface area (Å²) in [6.07, 6.45) is 3.95. The summed E-state index contributed by atoms with van der Waals surface area (Å²) in [5, 5.41) is 21.7. The molecule has 3 heterocycles. The van der Waals surface area contributed by atoms with E-state index in [0.29, 0.717) is 24.1 Å². The highest BCUT2D eigenvalue weighted by molar-refractivity contribution is 5.82. The molecule has 0 amide bonds. The SMILES string of the molecule is O=c1c2nnc3c(-c4ccccc4)cnn3c2ccn1CCCO. The lowest BCUT2D eigenvalue weighted by Gasteiger charge is -2.06. The Kier molecular flexibility index (Phi) is 3.55. The average Bonchev–Trinajstić information content (AvgIpc) is 3.06. The van der Waals surface area contributed by atoms with Gasteiger partial charge in [0.25, 0.3) is 5.56 Å². The highest BCUT2D eigenvalue weighted by Crippen LogP contribution is 2.23. The average molecular weight is 321 g/mol. The van der Waals surface area contributed by atoms with Gasteiger partial charge in [-0.2, -0.15) is 5.10 Å². The molecule has 0 saturated carbocycles.